The van der Waals surface area contributed by atoms with Gasteiger partial charge in [0.1, 0.15) is 0 Å². The van der Waals surface area contributed by atoms with Gasteiger partial charge in [0.2, 0.25) is 11.4 Å². The molecule has 0 aromatic heterocycles. The van der Waals surface area contributed by atoms with Crippen molar-refractivity contribution in [3.8, 4) is 0 Å². The van der Waals surface area contributed by atoms with E-state index < -0.39 is 0 Å². The summed E-state index contributed by atoms with van der Waals surface area (Å²) in [6, 6.07) is 17.2. The minimum Gasteiger partial charge on any atom is -0.448 e. The second-order valence-electron chi connectivity index (χ2n) is 7.34. The minimum absolute atomic E-state index is 0.877. The van der Waals surface area contributed by atoms with Gasteiger partial charge in [-0.15, -0.1) is 0 Å². The van der Waals surface area contributed by atoms with Gasteiger partial charge >= 0.3 is 0 Å². The van der Waals surface area contributed by atoms with Crippen LogP contribution < -0.4 is 0 Å². The van der Waals surface area contributed by atoms with Gasteiger partial charge in [-0.05, 0) is 61.1 Å². The molecule has 1 aliphatic rings. The Morgan fingerprint density at radius 3 is 1.74 bits per heavy atom. The highest BCUT2D eigenvalue weighted by Crippen LogP contribution is 2.28. The fourth-order valence-corrected chi connectivity index (χ4v) is 3.52. The van der Waals surface area contributed by atoms with Crippen LogP contribution in [0.1, 0.15) is 61.8 Å². The lowest BCUT2D eigenvalue weighted by atomic mass is 10.0. The first-order valence-corrected chi connectivity index (χ1v) is 10.1. The van der Waals surface area contributed by atoms with Gasteiger partial charge < -0.3 is 5.84 Å². The van der Waals surface area contributed by atoms with Gasteiger partial charge in [-0.2, -0.15) is 0 Å². The Morgan fingerprint density at radius 1 is 0.778 bits per heavy atom. The lowest BCUT2D eigenvalue weighted by Crippen LogP contribution is -2.10. The molecule has 0 amide bonds. The molecule has 0 spiro atoms. The highest BCUT2D eigenvalue weighted by atomic mass is 15.3. The first kappa shape index (κ1) is 19.2. The van der Waals surface area contributed by atoms with E-state index in [0.717, 1.165) is 41.0 Å². The molecule has 2 nitrogen and oxygen atoms in total. The van der Waals surface area contributed by atoms with Gasteiger partial charge in [0.25, 0.3) is 0 Å². The van der Waals surface area contributed by atoms with E-state index in [1.54, 1.807) is 0 Å². The van der Waals surface area contributed by atoms with E-state index in [1.165, 1.54) is 41.5 Å². The van der Waals surface area contributed by atoms with Crippen LogP contribution in [0, 0.1) is 0 Å². The summed E-state index contributed by atoms with van der Waals surface area (Å²) in [6.07, 6.45) is 9.11. The van der Waals surface area contributed by atoms with Crippen molar-refractivity contribution in [1.29, 1.82) is 0 Å². The van der Waals surface area contributed by atoms with E-state index in [0.29, 0.717) is 0 Å². The van der Waals surface area contributed by atoms with Gasteiger partial charge in [-0.25, -0.2) is 4.68 Å². The molecule has 0 radical (unpaired) electrons. The maximum atomic E-state index is 8.65. The molecule has 0 fully saturated rings. The number of aryl methyl sites for hydroxylation is 2. The maximum Gasteiger partial charge on any atom is 0.215 e. The largest absolute Gasteiger partial charge is 0.448 e. The van der Waals surface area contributed by atoms with E-state index in [4.69, 9.17) is 5.84 Å². The zero-order valence-electron chi connectivity index (χ0n) is 16.6. The van der Waals surface area contributed by atoms with Crippen LogP contribution in [0.15, 0.2) is 66.8 Å². The summed E-state index contributed by atoms with van der Waals surface area (Å²) in [5, 5.41) is 0. The molecule has 2 heteroatoms. The zero-order chi connectivity index (χ0) is 19.2. The van der Waals surface area contributed by atoms with Gasteiger partial charge in [0.15, 0.2) is 0 Å². The second kappa shape index (κ2) is 8.85. The van der Waals surface area contributed by atoms with Crippen LogP contribution in [0.2, 0.25) is 0 Å². The number of rotatable bonds is 8. The molecule has 2 aromatic carbocycles. The smallest absolute Gasteiger partial charge is 0.215 e. The number of nitrogens with zero attached hydrogens (tertiary/aromatic N) is 1. The summed E-state index contributed by atoms with van der Waals surface area (Å²) >= 11 is 0. The zero-order valence-corrected chi connectivity index (χ0v) is 16.6. The van der Waals surface area contributed by atoms with Gasteiger partial charge in [0, 0.05) is 22.8 Å². The lowest BCUT2D eigenvalue weighted by Gasteiger charge is -2.09. The second-order valence-corrected chi connectivity index (χ2v) is 7.34. The lowest BCUT2D eigenvalue weighted by molar-refractivity contribution is -0.347. The van der Waals surface area contributed by atoms with Crippen LogP contribution in [0.25, 0.3) is 11.5 Å². The van der Waals surface area contributed by atoms with Crippen LogP contribution in [-0.4, -0.2) is 10.4 Å². The van der Waals surface area contributed by atoms with Crippen molar-refractivity contribution in [1.82, 2.24) is 0 Å². The number of benzene rings is 2. The average Bonchev–Trinajstić information content (AvgIpc) is 3.00. The molecule has 0 saturated heterocycles. The predicted octanol–water partition coefficient (Wildman–Crippen LogP) is 6.75. The highest BCUT2D eigenvalue weighted by Gasteiger charge is 2.26. The Labute approximate surface area is 163 Å². The van der Waals surface area contributed by atoms with Gasteiger partial charge in [-0.1, -0.05) is 57.5 Å². The minimum atomic E-state index is 0.877. The molecule has 0 atom stereocenters. The van der Waals surface area contributed by atoms with Crippen LogP contribution in [0.5, 0.6) is 0 Å². The summed E-state index contributed by atoms with van der Waals surface area (Å²) in [4.78, 5) is 0. The molecular weight excluding hydrogens is 328 g/mol. The van der Waals surface area contributed by atoms with E-state index in [-0.39, 0.29) is 0 Å². The van der Waals surface area contributed by atoms with Crippen LogP contribution in [0.3, 0.4) is 0 Å². The van der Waals surface area contributed by atoms with Crippen LogP contribution in [-0.2, 0) is 12.8 Å². The van der Waals surface area contributed by atoms with Crippen molar-refractivity contribution >= 4 is 11.4 Å². The summed E-state index contributed by atoms with van der Waals surface area (Å²) in [6.45, 7) is 8.63. The van der Waals surface area contributed by atoms with E-state index in [9.17, 15) is 0 Å². The number of nitrogens with one attached hydrogen (secondary N) is 1. The Hall–Kier alpha value is -2.61. The predicted molar refractivity (Wildman–Crippen MR) is 116 cm³/mol. The van der Waals surface area contributed by atoms with Crippen molar-refractivity contribution in [2.45, 2.75) is 52.4 Å². The Kier molecular flexibility index (Phi) is 6.28. The molecule has 1 N–H and O–H groups in total. The van der Waals surface area contributed by atoms with Crippen molar-refractivity contribution < 1.29 is 4.68 Å². The van der Waals surface area contributed by atoms with E-state index in [1.807, 2.05) is 6.08 Å². The molecule has 27 heavy (non-hydrogen) atoms. The Bertz CT molecular complexity index is 852. The number of allylic oxidation sites excluding steroid dienone is 2. The topological polar surface area (TPSA) is 26.8 Å². The number of unbranched alkanes of at least 4 members (excludes halogenated alkanes) is 2. The molecule has 3 rings (SSSR count). The fraction of sp³-hybridized carbons (Fsp3) is 0.320. The monoisotopic (exact) mass is 358 g/mol. The molecule has 1 heterocycles. The van der Waals surface area contributed by atoms with Gasteiger partial charge in [-0.3, -0.25) is 0 Å². The normalized spacial score (nSPS) is 14.0. The highest BCUT2D eigenvalue weighted by molar-refractivity contribution is 6.14. The summed E-state index contributed by atoms with van der Waals surface area (Å²) in [7, 11) is 0. The van der Waals surface area contributed by atoms with Crippen molar-refractivity contribution in [3.05, 3.63) is 94.9 Å². The van der Waals surface area contributed by atoms with Gasteiger partial charge in [0.05, 0.1) is 0 Å². The molecule has 140 valence electrons. The summed E-state index contributed by atoms with van der Waals surface area (Å²) < 4.78 is 1.53. The molecule has 1 aliphatic heterocycles. The third-order valence-electron chi connectivity index (χ3n) is 5.19. The standard InChI is InChI=1S/C25H30N2/c1-4-6-8-20-10-14-22(15-11-20)24-18-19(3)25(27(24)26)23-16-12-21(13-17-23)9-7-5-2/h10-18,26H,3-9H2,1-2H3. The average molecular weight is 359 g/mol. The van der Waals surface area contributed by atoms with Crippen molar-refractivity contribution in [2.75, 3.05) is 0 Å². The molecule has 2 aromatic rings. The molecule has 0 aliphatic carbocycles. The van der Waals surface area contributed by atoms with E-state index in [2.05, 4.69) is 69.0 Å². The molecular formula is C25H30N2. The fourth-order valence-electron chi connectivity index (χ4n) is 3.52. The summed E-state index contributed by atoms with van der Waals surface area (Å²) in [5.41, 5.74) is 7.52. The van der Waals surface area contributed by atoms with Crippen LogP contribution >= 0.6 is 0 Å². The third kappa shape index (κ3) is 4.39. The van der Waals surface area contributed by atoms with Crippen molar-refractivity contribution in [3.63, 3.8) is 0 Å². The number of hydrogen-bond acceptors (Lipinski definition) is 0. The number of hydrogen-bond donors (Lipinski definition) is 0. The quantitative estimate of drug-likeness (QED) is 0.467. The molecule has 0 unspecified atom stereocenters. The van der Waals surface area contributed by atoms with Crippen molar-refractivity contribution in [2.24, 2.45) is 0 Å². The maximum absolute atomic E-state index is 8.65. The summed E-state index contributed by atoms with van der Waals surface area (Å²) in [5.74, 6) is 8.65. The van der Waals surface area contributed by atoms with E-state index >= 15 is 0 Å². The molecule has 0 bridgehead atoms. The SMILES string of the molecule is C=C1C=C(c2ccc(CCCC)cc2)[N+]([NH-])=C1c1ccc(CCCC)cc1. The third-order valence-corrected chi connectivity index (χ3v) is 5.19. The first-order chi connectivity index (χ1) is 13.1. The Balaban J connectivity index is 1.82. The van der Waals surface area contributed by atoms with Crippen LogP contribution in [0.4, 0.5) is 0 Å². The Morgan fingerprint density at radius 2 is 1.26 bits per heavy atom. The molecule has 0 saturated carbocycles. The first-order valence-electron chi connectivity index (χ1n) is 10.1.